The van der Waals surface area contributed by atoms with Crippen LogP contribution in [0.3, 0.4) is 0 Å². The minimum atomic E-state index is -0.976. The van der Waals surface area contributed by atoms with Gasteiger partial charge in [0.1, 0.15) is 23.6 Å². The van der Waals surface area contributed by atoms with Gasteiger partial charge in [-0.25, -0.2) is 8.78 Å². The third-order valence-electron chi connectivity index (χ3n) is 6.33. The molecule has 1 spiro atoms. The molecule has 2 aromatic rings. The topological polar surface area (TPSA) is 62.7 Å². The summed E-state index contributed by atoms with van der Waals surface area (Å²) >= 11 is 0. The van der Waals surface area contributed by atoms with Crippen molar-refractivity contribution in [3.05, 3.63) is 65.5 Å². The molecule has 0 aliphatic carbocycles. The molecule has 4 heterocycles. The van der Waals surface area contributed by atoms with Crippen molar-refractivity contribution in [3.63, 3.8) is 0 Å². The second-order valence-corrected chi connectivity index (χ2v) is 8.08. The molecule has 8 heteroatoms. The van der Waals surface area contributed by atoms with E-state index in [-0.39, 0.29) is 11.8 Å². The first-order valence-electron chi connectivity index (χ1n) is 10.1. The second-order valence-electron chi connectivity index (χ2n) is 8.08. The van der Waals surface area contributed by atoms with E-state index in [4.69, 9.17) is 4.74 Å². The van der Waals surface area contributed by atoms with Crippen LogP contribution >= 0.6 is 0 Å². The second kappa shape index (κ2) is 7.12. The van der Waals surface area contributed by atoms with Gasteiger partial charge in [-0.05, 0) is 42.7 Å². The molecular formula is C22H21F2N3O3. The van der Waals surface area contributed by atoms with Gasteiger partial charge in [0.15, 0.2) is 5.60 Å². The molecule has 2 unspecified atom stereocenters. The Kier molecular flexibility index (Phi) is 4.54. The van der Waals surface area contributed by atoms with Gasteiger partial charge < -0.3 is 14.5 Å². The highest BCUT2D eigenvalue weighted by molar-refractivity contribution is 5.93. The van der Waals surface area contributed by atoms with E-state index in [9.17, 15) is 18.4 Å². The first-order chi connectivity index (χ1) is 14.5. The van der Waals surface area contributed by atoms with Crippen LogP contribution in [0, 0.1) is 11.6 Å². The average molecular weight is 413 g/mol. The summed E-state index contributed by atoms with van der Waals surface area (Å²) in [6.45, 7) is 0.780. The summed E-state index contributed by atoms with van der Waals surface area (Å²) in [6.07, 6.45) is 3.17. The first-order valence-corrected chi connectivity index (χ1v) is 10.1. The standard InChI is InChI=1S/C22H21F2N3O3/c23-15-11-14(12-16(24)13-15)18-4-5-19-27(18)21(29)22(30-19)6-9-26(10-7-22)20(28)17-3-1-2-8-25-17/h1-3,8,11-13,18-19H,4-7,9-10H2. The summed E-state index contributed by atoms with van der Waals surface area (Å²) < 4.78 is 33.6. The number of benzene rings is 1. The largest absolute Gasteiger partial charge is 0.342 e. The molecule has 3 fully saturated rings. The Morgan fingerprint density at radius 1 is 1.10 bits per heavy atom. The zero-order valence-electron chi connectivity index (χ0n) is 16.3. The minimum absolute atomic E-state index is 0.149. The van der Waals surface area contributed by atoms with Crippen LogP contribution < -0.4 is 0 Å². The van der Waals surface area contributed by atoms with Crippen LogP contribution in [0.15, 0.2) is 42.6 Å². The van der Waals surface area contributed by atoms with Crippen molar-refractivity contribution in [1.29, 1.82) is 0 Å². The fourth-order valence-electron chi connectivity index (χ4n) is 4.86. The number of hydrogen-bond acceptors (Lipinski definition) is 4. The first kappa shape index (κ1) is 19.1. The number of aromatic nitrogens is 1. The zero-order valence-corrected chi connectivity index (χ0v) is 16.3. The number of nitrogens with zero attached hydrogens (tertiary/aromatic N) is 3. The minimum Gasteiger partial charge on any atom is -0.342 e. The molecule has 156 valence electrons. The molecule has 30 heavy (non-hydrogen) atoms. The molecule has 5 rings (SSSR count). The number of carbonyl (C=O) groups is 2. The fraction of sp³-hybridized carbons (Fsp3) is 0.409. The van der Waals surface area contributed by atoms with E-state index >= 15 is 0 Å². The van der Waals surface area contributed by atoms with Crippen LogP contribution in [0.1, 0.15) is 47.8 Å². The van der Waals surface area contributed by atoms with Gasteiger partial charge in [0.2, 0.25) is 0 Å². The monoisotopic (exact) mass is 413 g/mol. The highest BCUT2D eigenvalue weighted by atomic mass is 19.1. The van der Waals surface area contributed by atoms with Gasteiger partial charge in [0.25, 0.3) is 11.8 Å². The summed E-state index contributed by atoms with van der Waals surface area (Å²) in [6, 6.07) is 8.17. The number of fused-ring (bicyclic) bond motifs is 1. The van der Waals surface area contributed by atoms with Crippen molar-refractivity contribution < 1.29 is 23.1 Å². The molecule has 2 atom stereocenters. The van der Waals surface area contributed by atoms with Crippen molar-refractivity contribution in [2.75, 3.05) is 13.1 Å². The molecule has 1 aromatic carbocycles. The van der Waals surface area contributed by atoms with E-state index in [1.165, 1.54) is 12.1 Å². The number of amides is 2. The Morgan fingerprint density at radius 3 is 2.50 bits per heavy atom. The maximum atomic E-state index is 13.7. The molecule has 0 N–H and O–H groups in total. The highest BCUT2D eigenvalue weighted by Gasteiger charge is 2.58. The summed E-state index contributed by atoms with van der Waals surface area (Å²) in [7, 11) is 0. The molecule has 2 amide bonds. The highest BCUT2D eigenvalue weighted by Crippen LogP contribution is 2.47. The maximum absolute atomic E-state index is 13.7. The Labute approximate surface area is 172 Å². The van der Waals surface area contributed by atoms with Gasteiger partial charge in [-0.3, -0.25) is 14.6 Å². The number of hydrogen-bond donors (Lipinski definition) is 0. The van der Waals surface area contributed by atoms with Crippen LogP contribution in [0.5, 0.6) is 0 Å². The normalized spacial score (nSPS) is 25.1. The smallest absolute Gasteiger partial charge is 0.272 e. The average Bonchev–Trinajstić information content (AvgIpc) is 3.26. The zero-order chi connectivity index (χ0) is 20.9. The van der Waals surface area contributed by atoms with Crippen molar-refractivity contribution in [1.82, 2.24) is 14.8 Å². The number of carbonyl (C=O) groups excluding carboxylic acids is 2. The van der Waals surface area contributed by atoms with Crippen LogP contribution in [-0.4, -0.2) is 51.5 Å². The van der Waals surface area contributed by atoms with Crippen molar-refractivity contribution >= 4 is 11.8 Å². The van der Waals surface area contributed by atoms with Gasteiger partial charge in [-0.15, -0.1) is 0 Å². The number of likely N-dealkylation sites (tertiary alicyclic amines) is 1. The summed E-state index contributed by atoms with van der Waals surface area (Å²) in [5, 5.41) is 0. The van der Waals surface area contributed by atoms with E-state index < -0.39 is 29.5 Å². The quantitative estimate of drug-likeness (QED) is 0.759. The van der Waals surface area contributed by atoms with Crippen molar-refractivity contribution in [2.45, 2.75) is 43.6 Å². The Balaban J connectivity index is 1.32. The van der Waals surface area contributed by atoms with Crippen LogP contribution in [-0.2, 0) is 9.53 Å². The van der Waals surface area contributed by atoms with Gasteiger partial charge in [0.05, 0.1) is 6.04 Å². The van der Waals surface area contributed by atoms with Crippen molar-refractivity contribution in [2.24, 2.45) is 0 Å². The van der Waals surface area contributed by atoms with Gasteiger partial charge in [0, 0.05) is 38.2 Å². The van der Waals surface area contributed by atoms with E-state index in [1.54, 1.807) is 34.2 Å². The lowest BCUT2D eigenvalue weighted by atomic mass is 9.89. The molecule has 0 saturated carbocycles. The molecule has 1 aromatic heterocycles. The number of piperidine rings is 1. The maximum Gasteiger partial charge on any atom is 0.272 e. The molecule has 3 aliphatic rings. The summed E-state index contributed by atoms with van der Waals surface area (Å²) in [4.78, 5) is 33.4. The lowest BCUT2D eigenvalue weighted by Gasteiger charge is -2.37. The molecule has 3 aliphatic heterocycles. The number of ether oxygens (including phenoxy) is 1. The molecule has 3 saturated heterocycles. The summed E-state index contributed by atoms with van der Waals surface area (Å²) in [5.74, 6) is -1.62. The predicted molar refractivity (Wildman–Crippen MR) is 102 cm³/mol. The molecular weight excluding hydrogens is 392 g/mol. The SMILES string of the molecule is O=C(c1ccccn1)N1CCC2(CC1)OC1CCC(c3cc(F)cc(F)c3)N1C2=O. The Bertz CT molecular complexity index is 972. The predicted octanol–water partition coefficient (Wildman–Crippen LogP) is 3.05. The fourth-order valence-corrected chi connectivity index (χ4v) is 4.86. The van der Waals surface area contributed by atoms with E-state index in [1.807, 2.05) is 0 Å². The van der Waals surface area contributed by atoms with Crippen LogP contribution in [0.2, 0.25) is 0 Å². The summed E-state index contributed by atoms with van der Waals surface area (Å²) in [5.41, 5.74) is -0.150. The van der Waals surface area contributed by atoms with Gasteiger partial charge in [-0.1, -0.05) is 6.07 Å². The lowest BCUT2D eigenvalue weighted by Crippen LogP contribution is -2.51. The Hall–Kier alpha value is -2.87. The Morgan fingerprint density at radius 2 is 1.83 bits per heavy atom. The van der Waals surface area contributed by atoms with E-state index in [0.717, 1.165) is 6.07 Å². The lowest BCUT2D eigenvalue weighted by molar-refractivity contribution is -0.142. The van der Waals surface area contributed by atoms with E-state index in [2.05, 4.69) is 4.98 Å². The van der Waals surface area contributed by atoms with Crippen LogP contribution in [0.4, 0.5) is 8.78 Å². The molecule has 0 bridgehead atoms. The molecule has 0 radical (unpaired) electrons. The number of rotatable bonds is 2. The molecule has 6 nitrogen and oxygen atoms in total. The van der Waals surface area contributed by atoms with E-state index in [0.29, 0.717) is 50.0 Å². The third-order valence-corrected chi connectivity index (χ3v) is 6.33. The van der Waals surface area contributed by atoms with Crippen molar-refractivity contribution in [3.8, 4) is 0 Å². The van der Waals surface area contributed by atoms with Crippen LogP contribution in [0.25, 0.3) is 0 Å². The van der Waals surface area contributed by atoms with Gasteiger partial charge >= 0.3 is 0 Å². The van der Waals surface area contributed by atoms with Gasteiger partial charge in [-0.2, -0.15) is 0 Å². The third kappa shape index (κ3) is 3.06. The number of pyridine rings is 1. The number of halogens is 2.